The van der Waals surface area contributed by atoms with Gasteiger partial charge in [0, 0.05) is 5.02 Å². The van der Waals surface area contributed by atoms with Crippen LogP contribution in [0.1, 0.15) is 5.56 Å². The fraction of sp³-hybridized carbons (Fsp3) is 0.0500. The van der Waals surface area contributed by atoms with E-state index in [1.807, 2.05) is 0 Å². The van der Waals surface area contributed by atoms with Crippen LogP contribution in [0.25, 0.3) is 6.08 Å². The average molecular weight is 381 g/mol. The molecule has 4 amide bonds. The second kappa shape index (κ2) is 7.77. The molecule has 0 aromatic heterocycles. The summed E-state index contributed by atoms with van der Waals surface area (Å²) in [6.07, 6.45) is 6.54. The van der Waals surface area contributed by atoms with Crippen LogP contribution in [0.3, 0.4) is 0 Å². The lowest BCUT2D eigenvalue weighted by molar-refractivity contribution is -0.122. The van der Waals surface area contributed by atoms with Gasteiger partial charge in [0.1, 0.15) is 17.9 Å². The van der Waals surface area contributed by atoms with Crippen molar-refractivity contribution in [1.82, 2.24) is 5.32 Å². The Bertz CT molecular complexity index is 973. The van der Waals surface area contributed by atoms with Crippen molar-refractivity contribution >= 4 is 41.2 Å². The largest absolute Gasteiger partial charge is 0.481 e. The number of imide groups is 2. The molecule has 1 saturated heterocycles. The molecule has 0 bridgehead atoms. The molecule has 3 rings (SSSR count). The fourth-order valence-corrected chi connectivity index (χ4v) is 2.56. The van der Waals surface area contributed by atoms with Gasteiger partial charge in [-0.2, -0.15) is 0 Å². The number of barbiturate groups is 1. The average Bonchev–Trinajstić information content (AvgIpc) is 2.66. The quantitative estimate of drug-likeness (QED) is 0.502. The van der Waals surface area contributed by atoms with Crippen LogP contribution >= 0.6 is 11.6 Å². The smallest absolute Gasteiger partial charge is 0.335 e. The second-order valence-electron chi connectivity index (χ2n) is 5.50. The summed E-state index contributed by atoms with van der Waals surface area (Å²) in [6.45, 7) is 0.138. The summed E-state index contributed by atoms with van der Waals surface area (Å²) in [7, 11) is 0. The highest BCUT2D eigenvalue weighted by atomic mass is 35.5. The normalized spacial score (nSPS) is 15.5. The van der Waals surface area contributed by atoms with E-state index in [-0.39, 0.29) is 12.2 Å². The number of nitrogens with zero attached hydrogens (tertiary/aromatic N) is 1. The van der Waals surface area contributed by atoms with Crippen molar-refractivity contribution in [2.45, 2.75) is 0 Å². The molecule has 6 nitrogen and oxygen atoms in total. The molecule has 2 aromatic carbocycles. The van der Waals surface area contributed by atoms with Gasteiger partial charge >= 0.3 is 6.03 Å². The number of hydrogen-bond donors (Lipinski definition) is 1. The van der Waals surface area contributed by atoms with E-state index in [4.69, 9.17) is 22.8 Å². The molecule has 0 saturated carbocycles. The van der Waals surface area contributed by atoms with Crippen molar-refractivity contribution in [3.8, 4) is 18.1 Å². The van der Waals surface area contributed by atoms with Crippen molar-refractivity contribution in [2.75, 3.05) is 11.5 Å². The van der Waals surface area contributed by atoms with Crippen molar-refractivity contribution in [2.24, 2.45) is 0 Å². The molecule has 0 radical (unpaired) electrons. The first-order chi connectivity index (χ1) is 13.0. The van der Waals surface area contributed by atoms with Gasteiger partial charge in [-0.25, -0.2) is 9.69 Å². The van der Waals surface area contributed by atoms with Crippen molar-refractivity contribution in [1.29, 1.82) is 0 Å². The van der Waals surface area contributed by atoms with Gasteiger partial charge in [-0.15, -0.1) is 6.42 Å². The molecule has 2 aromatic rings. The van der Waals surface area contributed by atoms with Crippen LogP contribution in [-0.4, -0.2) is 24.5 Å². The van der Waals surface area contributed by atoms with E-state index >= 15 is 0 Å². The number of nitrogens with one attached hydrogen (secondary N) is 1. The zero-order valence-corrected chi connectivity index (χ0v) is 14.7. The zero-order chi connectivity index (χ0) is 19.4. The van der Waals surface area contributed by atoms with Crippen LogP contribution in [0.4, 0.5) is 10.5 Å². The number of benzene rings is 2. The van der Waals surface area contributed by atoms with E-state index in [0.717, 1.165) is 4.90 Å². The van der Waals surface area contributed by atoms with Crippen LogP contribution in [0, 0.1) is 12.3 Å². The van der Waals surface area contributed by atoms with Crippen molar-refractivity contribution < 1.29 is 19.1 Å². The maximum atomic E-state index is 12.7. The number of hydrogen-bond acceptors (Lipinski definition) is 4. The van der Waals surface area contributed by atoms with E-state index in [2.05, 4.69) is 11.2 Å². The summed E-state index contributed by atoms with van der Waals surface area (Å²) < 4.78 is 5.27. The number of halogens is 1. The number of rotatable bonds is 4. The van der Waals surface area contributed by atoms with Crippen LogP contribution in [0.5, 0.6) is 5.75 Å². The summed E-state index contributed by atoms with van der Waals surface area (Å²) >= 11 is 5.84. The molecule has 0 unspecified atom stereocenters. The standard InChI is InChI=1S/C20H13ClN2O4/c1-2-11-27-16-9-3-13(4-10-16)12-17-18(24)22-20(26)23(19(17)25)15-7-5-14(21)6-8-15/h1,3-10,12H,11H2,(H,22,24,26)/b17-12+. The van der Waals surface area contributed by atoms with Crippen LogP contribution in [0.2, 0.25) is 5.02 Å². The molecular weight excluding hydrogens is 368 g/mol. The molecule has 7 heteroatoms. The SMILES string of the molecule is C#CCOc1ccc(/C=C2\C(=O)NC(=O)N(c3ccc(Cl)cc3)C2=O)cc1. The third-order valence-electron chi connectivity index (χ3n) is 3.70. The summed E-state index contributed by atoms with van der Waals surface area (Å²) in [6, 6.07) is 12.0. The number of urea groups is 1. The number of ether oxygens (including phenoxy) is 1. The maximum absolute atomic E-state index is 12.7. The van der Waals surface area contributed by atoms with Crippen LogP contribution in [0.15, 0.2) is 54.1 Å². The molecule has 134 valence electrons. The molecule has 1 fully saturated rings. The van der Waals surface area contributed by atoms with E-state index in [1.54, 1.807) is 36.4 Å². The number of amides is 4. The lowest BCUT2D eigenvalue weighted by Crippen LogP contribution is -2.54. The molecule has 1 N–H and O–H groups in total. The Hall–Kier alpha value is -3.56. The predicted molar refractivity (Wildman–Crippen MR) is 101 cm³/mol. The Morgan fingerprint density at radius 3 is 2.37 bits per heavy atom. The summed E-state index contributed by atoms with van der Waals surface area (Å²) in [5.74, 6) is 1.44. The molecular formula is C20H13ClN2O4. The first-order valence-corrected chi connectivity index (χ1v) is 8.21. The minimum Gasteiger partial charge on any atom is -0.481 e. The topological polar surface area (TPSA) is 75.7 Å². The first kappa shape index (κ1) is 18.2. The predicted octanol–water partition coefficient (Wildman–Crippen LogP) is 3.02. The van der Waals surface area contributed by atoms with Gasteiger partial charge in [-0.1, -0.05) is 29.7 Å². The maximum Gasteiger partial charge on any atom is 0.335 e. The van der Waals surface area contributed by atoms with E-state index in [0.29, 0.717) is 22.0 Å². The lowest BCUT2D eigenvalue weighted by Gasteiger charge is -2.26. The number of terminal acetylenes is 1. The lowest BCUT2D eigenvalue weighted by atomic mass is 10.1. The highest BCUT2D eigenvalue weighted by Crippen LogP contribution is 2.24. The highest BCUT2D eigenvalue weighted by molar-refractivity contribution is 6.39. The third-order valence-corrected chi connectivity index (χ3v) is 3.95. The monoisotopic (exact) mass is 380 g/mol. The third kappa shape index (κ3) is 4.00. The van der Waals surface area contributed by atoms with Crippen molar-refractivity contribution in [3.05, 3.63) is 64.7 Å². The Morgan fingerprint density at radius 1 is 1.07 bits per heavy atom. The highest BCUT2D eigenvalue weighted by Gasteiger charge is 2.36. The Labute approximate surface area is 160 Å². The molecule has 1 aliphatic rings. The van der Waals surface area contributed by atoms with Crippen LogP contribution in [-0.2, 0) is 9.59 Å². The fourth-order valence-electron chi connectivity index (χ4n) is 2.43. The van der Waals surface area contributed by atoms with Gasteiger partial charge in [-0.3, -0.25) is 14.9 Å². The van der Waals surface area contributed by atoms with Gasteiger partial charge in [0.15, 0.2) is 0 Å². The Morgan fingerprint density at radius 2 is 1.74 bits per heavy atom. The minimum atomic E-state index is -0.817. The molecule has 0 aliphatic carbocycles. The summed E-state index contributed by atoms with van der Waals surface area (Å²) in [5, 5.41) is 2.62. The van der Waals surface area contributed by atoms with E-state index in [9.17, 15) is 14.4 Å². The second-order valence-corrected chi connectivity index (χ2v) is 5.93. The van der Waals surface area contributed by atoms with E-state index in [1.165, 1.54) is 18.2 Å². The first-order valence-electron chi connectivity index (χ1n) is 7.83. The van der Waals surface area contributed by atoms with Gasteiger partial charge in [0.05, 0.1) is 5.69 Å². The molecule has 27 heavy (non-hydrogen) atoms. The van der Waals surface area contributed by atoms with Gasteiger partial charge in [0.2, 0.25) is 0 Å². The molecule has 1 aliphatic heterocycles. The summed E-state index contributed by atoms with van der Waals surface area (Å²) in [4.78, 5) is 37.9. The molecule has 0 atom stereocenters. The number of anilines is 1. The van der Waals surface area contributed by atoms with E-state index < -0.39 is 17.8 Å². The van der Waals surface area contributed by atoms with Gasteiger partial charge in [-0.05, 0) is 48.0 Å². The van der Waals surface area contributed by atoms with Crippen molar-refractivity contribution in [3.63, 3.8) is 0 Å². The Kier molecular flexibility index (Phi) is 5.25. The van der Waals surface area contributed by atoms with Gasteiger partial charge in [0.25, 0.3) is 11.8 Å². The van der Waals surface area contributed by atoms with Crippen LogP contribution < -0.4 is 15.0 Å². The zero-order valence-electron chi connectivity index (χ0n) is 13.9. The number of carbonyl (C=O) groups is 3. The minimum absolute atomic E-state index is 0.138. The molecule has 1 heterocycles. The number of carbonyl (C=O) groups excluding carboxylic acids is 3. The summed E-state index contributed by atoms with van der Waals surface area (Å²) in [5.41, 5.74) is 0.729. The molecule has 0 spiro atoms. The van der Waals surface area contributed by atoms with Gasteiger partial charge < -0.3 is 4.74 Å². The Balaban J connectivity index is 1.89.